The second kappa shape index (κ2) is 10.5. The molecule has 3 aliphatic heterocycles. The topological polar surface area (TPSA) is 55.9 Å². The van der Waals surface area contributed by atoms with Gasteiger partial charge in [-0.25, -0.2) is 4.79 Å². The molecule has 3 heterocycles. The molecule has 3 aliphatic rings. The molecule has 4 rings (SSSR count). The summed E-state index contributed by atoms with van der Waals surface area (Å²) in [7, 11) is 0. The number of piperidine rings is 1. The fourth-order valence-corrected chi connectivity index (χ4v) is 4.90. The molecule has 3 amide bonds. The molecule has 1 unspecified atom stereocenters. The first-order valence-corrected chi connectivity index (χ1v) is 11.3. The highest BCUT2D eigenvalue weighted by Crippen LogP contribution is 2.28. The van der Waals surface area contributed by atoms with Crippen molar-refractivity contribution in [3.63, 3.8) is 0 Å². The van der Waals surface area contributed by atoms with Crippen LogP contribution in [0.2, 0.25) is 0 Å². The summed E-state index contributed by atoms with van der Waals surface area (Å²) in [6.45, 7) is 7.75. The largest absolute Gasteiger partial charge is 0.333 e. The first kappa shape index (κ1) is 22.9. The third kappa shape index (κ3) is 4.92. The van der Waals surface area contributed by atoms with Crippen LogP contribution in [0.5, 0.6) is 0 Å². The van der Waals surface area contributed by atoms with Gasteiger partial charge >= 0.3 is 6.03 Å². The van der Waals surface area contributed by atoms with E-state index in [1.54, 1.807) is 0 Å². The number of amides is 3. The van der Waals surface area contributed by atoms with Crippen molar-refractivity contribution in [1.82, 2.24) is 20.0 Å². The summed E-state index contributed by atoms with van der Waals surface area (Å²) >= 11 is 0. The standard InChI is InChI=1S/C23H34N4O2.ClH/c1-2-18-5-7-19(8-6-18)21-17-24-11-16-27(21)22(28)20-9-14-26(15-10-20)23(29)25-12-3-4-13-25;/h5-8,20-21,24H,2-4,9-17H2,1H3;1H. The first-order chi connectivity index (χ1) is 14.2. The fourth-order valence-electron chi connectivity index (χ4n) is 4.90. The number of aryl methyl sites for hydroxylation is 1. The van der Waals surface area contributed by atoms with E-state index in [0.29, 0.717) is 13.1 Å². The lowest BCUT2D eigenvalue weighted by molar-refractivity contribution is -0.140. The van der Waals surface area contributed by atoms with Crippen LogP contribution in [0.15, 0.2) is 24.3 Å². The van der Waals surface area contributed by atoms with Crippen molar-refractivity contribution in [2.75, 3.05) is 45.8 Å². The maximum Gasteiger partial charge on any atom is 0.319 e. The summed E-state index contributed by atoms with van der Waals surface area (Å²) in [5, 5.41) is 3.45. The van der Waals surface area contributed by atoms with Gasteiger partial charge in [-0.05, 0) is 43.2 Å². The molecule has 0 spiro atoms. The number of nitrogens with zero attached hydrogens (tertiary/aromatic N) is 3. The van der Waals surface area contributed by atoms with E-state index in [1.165, 1.54) is 11.1 Å². The molecule has 1 atom stereocenters. The highest BCUT2D eigenvalue weighted by molar-refractivity contribution is 5.85. The normalized spacial score (nSPS) is 22.7. The molecular weight excluding hydrogens is 400 g/mol. The van der Waals surface area contributed by atoms with E-state index < -0.39 is 0 Å². The number of nitrogens with one attached hydrogen (secondary N) is 1. The zero-order chi connectivity index (χ0) is 20.2. The Bertz CT molecular complexity index is 712. The van der Waals surface area contributed by atoms with Gasteiger partial charge in [0.1, 0.15) is 0 Å². The van der Waals surface area contributed by atoms with Gasteiger partial charge in [-0.15, -0.1) is 12.4 Å². The van der Waals surface area contributed by atoms with Gasteiger partial charge in [0.2, 0.25) is 5.91 Å². The van der Waals surface area contributed by atoms with Crippen molar-refractivity contribution in [3.05, 3.63) is 35.4 Å². The molecule has 0 saturated carbocycles. The summed E-state index contributed by atoms with van der Waals surface area (Å²) in [4.78, 5) is 32.0. The predicted molar refractivity (Wildman–Crippen MR) is 121 cm³/mol. The number of hydrogen-bond donors (Lipinski definition) is 1. The smallest absolute Gasteiger partial charge is 0.319 e. The molecule has 1 aromatic rings. The van der Waals surface area contributed by atoms with Crippen molar-refractivity contribution in [1.29, 1.82) is 0 Å². The minimum Gasteiger partial charge on any atom is -0.333 e. The molecule has 3 saturated heterocycles. The van der Waals surface area contributed by atoms with E-state index >= 15 is 0 Å². The van der Waals surface area contributed by atoms with Crippen LogP contribution in [0.25, 0.3) is 0 Å². The molecule has 3 fully saturated rings. The van der Waals surface area contributed by atoms with E-state index in [2.05, 4.69) is 41.4 Å². The van der Waals surface area contributed by atoms with Crippen molar-refractivity contribution in [2.45, 2.75) is 45.1 Å². The highest BCUT2D eigenvalue weighted by atomic mass is 35.5. The van der Waals surface area contributed by atoms with Crippen LogP contribution in [0.1, 0.15) is 49.8 Å². The molecule has 1 aromatic carbocycles. The van der Waals surface area contributed by atoms with Crippen LogP contribution in [-0.2, 0) is 11.2 Å². The Morgan fingerprint density at radius 1 is 0.967 bits per heavy atom. The third-order valence-corrected chi connectivity index (χ3v) is 6.79. The van der Waals surface area contributed by atoms with Crippen LogP contribution in [0.3, 0.4) is 0 Å². The number of likely N-dealkylation sites (tertiary alicyclic amines) is 2. The van der Waals surface area contributed by atoms with E-state index in [-0.39, 0.29) is 36.3 Å². The van der Waals surface area contributed by atoms with Crippen molar-refractivity contribution in [2.24, 2.45) is 5.92 Å². The zero-order valence-corrected chi connectivity index (χ0v) is 18.8. The number of carbonyl (C=O) groups is 2. The van der Waals surface area contributed by atoms with E-state index in [9.17, 15) is 9.59 Å². The number of piperazine rings is 1. The molecule has 166 valence electrons. The Morgan fingerprint density at radius 2 is 1.60 bits per heavy atom. The molecule has 0 aromatic heterocycles. The summed E-state index contributed by atoms with van der Waals surface area (Å²) in [6, 6.07) is 8.97. The average molecular weight is 435 g/mol. The summed E-state index contributed by atoms with van der Waals surface area (Å²) in [6.07, 6.45) is 4.82. The predicted octanol–water partition coefficient (Wildman–Crippen LogP) is 3.07. The molecule has 0 aliphatic carbocycles. The Balaban J connectivity index is 0.00000256. The maximum absolute atomic E-state index is 13.4. The number of hydrogen-bond acceptors (Lipinski definition) is 3. The van der Waals surface area contributed by atoms with Gasteiger partial charge in [-0.2, -0.15) is 0 Å². The van der Waals surface area contributed by atoms with Crippen LogP contribution in [0.4, 0.5) is 4.79 Å². The van der Waals surface area contributed by atoms with Gasteiger partial charge in [0.05, 0.1) is 6.04 Å². The van der Waals surface area contributed by atoms with Crippen LogP contribution in [-0.4, -0.2) is 72.5 Å². The summed E-state index contributed by atoms with van der Waals surface area (Å²) in [5.41, 5.74) is 2.54. The summed E-state index contributed by atoms with van der Waals surface area (Å²) < 4.78 is 0. The molecule has 30 heavy (non-hydrogen) atoms. The van der Waals surface area contributed by atoms with Gasteiger partial charge < -0.3 is 20.0 Å². The summed E-state index contributed by atoms with van der Waals surface area (Å²) in [5.74, 6) is 0.303. The number of benzene rings is 1. The average Bonchev–Trinajstić information content (AvgIpc) is 3.33. The van der Waals surface area contributed by atoms with E-state index in [1.807, 2.05) is 9.80 Å². The minimum absolute atomic E-state index is 0. The number of halogens is 1. The van der Waals surface area contributed by atoms with Crippen LogP contribution in [0, 0.1) is 5.92 Å². The monoisotopic (exact) mass is 434 g/mol. The highest BCUT2D eigenvalue weighted by Gasteiger charge is 2.35. The van der Waals surface area contributed by atoms with Gasteiger partial charge in [-0.3, -0.25) is 4.79 Å². The van der Waals surface area contributed by atoms with Crippen LogP contribution < -0.4 is 5.32 Å². The van der Waals surface area contributed by atoms with Crippen LogP contribution >= 0.6 is 12.4 Å². The second-order valence-electron chi connectivity index (χ2n) is 8.58. The zero-order valence-electron chi connectivity index (χ0n) is 18.0. The minimum atomic E-state index is 0. The molecule has 1 N–H and O–H groups in total. The number of carbonyl (C=O) groups excluding carboxylic acids is 2. The Labute approximate surface area is 186 Å². The Kier molecular flexibility index (Phi) is 8.00. The number of urea groups is 1. The maximum atomic E-state index is 13.4. The SMILES string of the molecule is CCc1ccc(C2CNCCN2C(=O)C2CCN(C(=O)N3CCCC3)CC2)cc1.Cl. The van der Waals surface area contributed by atoms with Crippen molar-refractivity contribution in [3.8, 4) is 0 Å². The first-order valence-electron chi connectivity index (χ1n) is 11.3. The van der Waals surface area contributed by atoms with Gasteiger partial charge in [0, 0.05) is 51.7 Å². The van der Waals surface area contributed by atoms with Crippen molar-refractivity contribution >= 4 is 24.3 Å². The molecule has 0 radical (unpaired) electrons. The van der Waals surface area contributed by atoms with Gasteiger partial charge in [0.15, 0.2) is 0 Å². The lowest BCUT2D eigenvalue weighted by Gasteiger charge is -2.41. The Hall–Kier alpha value is -1.79. The lowest BCUT2D eigenvalue weighted by atomic mass is 9.93. The Morgan fingerprint density at radius 3 is 2.23 bits per heavy atom. The quantitative estimate of drug-likeness (QED) is 0.795. The molecule has 0 bridgehead atoms. The molecule has 7 heteroatoms. The van der Waals surface area contributed by atoms with Crippen molar-refractivity contribution < 1.29 is 9.59 Å². The molecule has 6 nitrogen and oxygen atoms in total. The fraction of sp³-hybridized carbons (Fsp3) is 0.652. The molecular formula is C23H35ClN4O2. The van der Waals surface area contributed by atoms with Gasteiger partial charge in [-0.1, -0.05) is 31.2 Å². The second-order valence-corrected chi connectivity index (χ2v) is 8.58. The third-order valence-electron chi connectivity index (χ3n) is 6.79. The lowest BCUT2D eigenvalue weighted by Crippen LogP contribution is -2.53. The van der Waals surface area contributed by atoms with E-state index in [0.717, 1.165) is 64.8 Å². The number of rotatable bonds is 3. The van der Waals surface area contributed by atoms with Gasteiger partial charge in [0.25, 0.3) is 0 Å². The van der Waals surface area contributed by atoms with E-state index in [4.69, 9.17) is 0 Å².